The van der Waals surface area contributed by atoms with Gasteiger partial charge in [-0.3, -0.25) is 4.79 Å². The molecule has 0 amide bonds. The third-order valence-electron chi connectivity index (χ3n) is 3.41. The normalized spacial score (nSPS) is 17.5. The second-order valence-corrected chi connectivity index (χ2v) is 5.02. The van der Waals surface area contributed by atoms with Crippen LogP contribution in [0.5, 0.6) is 0 Å². The summed E-state index contributed by atoms with van der Waals surface area (Å²) >= 11 is 0. The summed E-state index contributed by atoms with van der Waals surface area (Å²) in [6.45, 7) is 1.74. The molecule has 0 heterocycles. The van der Waals surface area contributed by atoms with Crippen LogP contribution in [-0.2, 0) is 10.7 Å². The lowest BCUT2D eigenvalue weighted by Crippen LogP contribution is -2.16. The van der Waals surface area contributed by atoms with Crippen molar-refractivity contribution in [2.75, 3.05) is 0 Å². The van der Waals surface area contributed by atoms with E-state index in [1.54, 1.807) is 19.1 Å². The highest BCUT2D eigenvalue weighted by atomic mass is 19.3. The molecule has 0 aromatic heterocycles. The van der Waals surface area contributed by atoms with Gasteiger partial charge >= 0.3 is 5.97 Å². The maximum atomic E-state index is 13.9. The molecule has 0 spiro atoms. The summed E-state index contributed by atoms with van der Waals surface area (Å²) in [4.78, 5) is 10.6. The first-order chi connectivity index (χ1) is 8.41. The molecule has 1 aromatic rings. The highest BCUT2D eigenvalue weighted by Crippen LogP contribution is 2.49. The van der Waals surface area contributed by atoms with Crippen molar-refractivity contribution in [1.82, 2.24) is 0 Å². The number of benzene rings is 1. The van der Waals surface area contributed by atoms with Gasteiger partial charge in [-0.2, -0.15) is 0 Å². The predicted octanol–water partition coefficient (Wildman–Crippen LogP) is 3.77. The van der Waals surface area contributed by atoms with Gasteiger partial charge in [0.1, 0.15) is 0 Å². The van der Waals surface area contributed by atoms with E-state index in [1.807, 2.05) is 0 Å². The van der Waals surface area contributed by atoms with Gasteiger partial charge in [-0.1, -0.05) is 25.1 Å². The molecule has 18 heavy (non-hydrogen) atoms. The van der Waals surface area contributed by atoms with E-state index in [9.17, 15) is 13.6 Å². The molecular formula is C14H16F2O2. The van der Waals surface area contributed by atoms with E-state index in [0.29, 0.717) is 18.4 Å². The summed E-state index contributed by atoms with van der Waals surface area (Å²) in [5.74, 6) is -4.49. The minimum absolute atomic E-state index is 0.0136. The van der Waals surface area contributed by atoms with Gasteiger partial charge in [-0.05, 0) is 30.4 Å². The predicted molar refractivity (Wildman–Crippen MR) is 63.7 cm³/mol. The van der Waals surface area contributed by atoms with Crippen molar-refractivity contribution in [2.45, 2.75) is 38.0 Å². The van der Waals surface area contributed by atoms with Crippen LogP contribution in [0.2, 0.25) is 0 Å². The van der Waals surface area contributed by atoms with E-state index in [2.05, 4.69) is 0 Å². The number of hydrogen-bond donors (Lipinski definition) is 1. The van der Waals surface area contributed by atoms with Crippen molar-refractivity contribution >= 4 is 5.97 Å². The second-order valence-electron chi connectivity index (χ2n) is 5.02. The van der Waals surface area contributed by atoms with E-state index >= 15 is 0 Å². The van der Waals surface area contributed by atoms with Crippen LogP contribution >= 0.6 is 0 Å². The van der Waals surface area contributed by atoms with Gasteiger partial charge in [-0.25, -0.2) is 8.78 Å². The highest BCUT2D eigenvalue weighted by Gasteiger charge is 2.47. The number of carbonyl (C=O) groups is 1. The quantitative estimate of drug-likeness (QED) is 0.868. The average Bonchev–Trinajstić information content (AvgIpc) is 3.12. The second kappa shape index (κ2) is 4.67. The lowest BCUT2D eigenvalue weighted by molar-refractivity contribution is -0.137. The molecule has 2 nitrogen and oxygen atoms in total. The topological polar surface area (TPSA) is 37.3 Å². The molecule has 0 aliphatic heterocycles. The fourth-order valence-corrected chi connectivity index (χ4v) is 2.11. The fourth-order valence-electron chi connectivity index (χ4n) is 2.11. The lowest BCUT2D eigenvalue weighted by atomic mass is 9.93. The number of hydrogen-bond acceptors (Lipinski definition) is 1. The van der Waals surface area contributed by atoms with Crippen molar-refractivity contribution in [3.8, 4) is 0 Å². The van der Waals surface area contributed by atoms with Crippen LogP contribution < -0.4 is 0 Å². The number of carboxylic acids is 1. The maximum Gasteiger partial charge on any atom is 0.303 e. The Kier molecular flexibility index (Phi) is 3.37. The standard InChI is InChI=1S/C14H16F2O2/c1-9(7-13(17)18)10-3-2-4-12(8-10)14(15,16)11-5-6-11/h2-4,8-9,11H,5-7H2,1H3,(H,17,18). The van der Waals surface area contributed by atoms with E-state index in [4.69, 9.17) is 5.11 Å². The SMILES string of the molecule is CC(CC(=O)O)c1cccc(C(F)(F)C2CC2)c1. The number of aliphatic carboxylic acids is 1. The largest absolute Gasteiger partial charge is 0.481 e. The van der Waals surface area contributed by atoms with Crippen LogP contribution in [-0.4, -0.2) is 11.1 Å². The van der Waals surface area contributed by atoms with Crippen LogP contribution in [0.15, 0.2) is 24.3 Å². The average molecular weight is 254 g/mol. The molecule has 0 bridgehead atoms. The zero-order valence-electron chi connectivity index (χ0n) is 10.2. The van der Waals surface area contributed by atoms with Crippen LogP contribution in [0.1, 0.15) is 43.2 Å². The van der Waals surface area contributed by atoms with E-state index < -0.39 is 17.8 Å². The maximum absolute atomic E-state index is 13.9. The highest BCUT2D eigenvalue weighted by molar-refractivity contribution is 5.68. The molecule has 0 radical (unpaired) electrons. The third kappa shape index (κ3) is 2.68. The Morgan fingerprint density at radius 2 is 2.17 bits per heavy atom. The Balaban J connectivity index is 2.21. The van der Waals surface area contributed by atoms with Crippen molar-refractivity contribution in [1.29, 1.82) is 0 Å². The number of rotatable bonds is 5. The van der Waals surface area contributed by atoms with E-state index in [0.717, 1.165) is 0 Å². The molecule has 1 unspecified atom stereocenters. The van der Waals surface area contributed by atoms with Gasteiger partial charge in [0.05, 0.1) is 6.42 Å². The van der Waals surface area contributed by atoms with Gasteiger partial charge < -0.3 is 5.11 Å². The Hall–Kier alpha value is -1.45. The molecule has 0 saturated heterocycles. The van der Waals surface area contributed by atoms with Gasteiger partial charge in [0, 0.05) is 11.5 Å². The molecule has 1 fully saturated rings. The summed E-state index contributed by atoms with van der Waals surface area (Å²) in [5.41, 5.74) is 0.676. The molecular weight excluding hydrogens is 238 g/mol. The Morgan fingerprint density at radius 1 is 1.50 bits per heavy atom. The molecule has 4 heteroatoms. The molecule has 1 atom stereocenters. The zero-order valence-corrected chi connectivity index (χ0v) is 10.2. The van der Waals surface area contributed by atoms with Gasteiger partial charge in [-0.15, -0.1) is 0 Å². The van der Waals surface area contributed by atoms with Crippen LogP contribution in [0.4, 0.5) is 8.78 Å². The summed E-state index contributed by atoms with van der Waals surface area (Å²) in [5, 5.41) is 8.72. The minimum atomic E-state index is -2.78. The fraction of sp³-hybridized carbons (Fsp3) is 0.500. The molecule has 1 saturated carbocycles. The van der Waals surface area contributed by atoms with E-state index in [-0.39, 0.29) is 17.9 Å². The van der Waals surface area contributed by atoms with Crippen molar-refractivity contribution < 1.29 is 18.7 Å². The van der Waals surface area contributed by atoms with Gasteiger partial charge in [0.15, 0.2) is 0 Å². The third-order valence-corrected chi connectivity index (χ3v) is 3.41. The van der Waals surface area contributed by atoms with Crippen molar-refractivity contribution in [2.24, 2.45) is 5.92 Å². The molecule has 98 valence electrons. The molecule has 1 N–H and O–H groups in total. The van der Waals surface area contributed by atoms with Crippen molar-refractivity contribution in [3.63, 3.8) is 0 Å². The first kappa shape index (κ1) is 13.0. The van der Waals surface area contributed by atoms with Gasteiger partial charge in [0.25, 0.3) is 5.92 Å². The van der Waals surface area contributed by atoms with Crippen LogP contribution in [0, 0.1) is 5.92 Å². The smallest absolute Gasteiger partial charge is 0.303 e. The zero-order chi connectivity index (χ0) is 13.3. The van der Waals surface area contributed by atoms with E-state index in [1.165, 1.54) is 12.1 Å². The summed E-state index contributed by atoms with van der Waals surface area (Å²) < 4.78 is 27.9. The molecule has 1 aromatic carbocycles. The Labute approximate surface area is 105 Å². The van der Waals surface area contributed by atoms with Crippen LogP contribution in [0.3, 0.4) is 0 Å². The lowest BCUT2D eigenvalue weighted by Gasteiger charge is -2.18. The number of carboxylic acid groups (broad SMARTS) is 1. The summed E-state index contributed by atoms with van der Waals surface area (Å²) in [6, 6.07) is 6.17. The first-order valence-corrected chi connectivity index (χ1v) is 6.11. The molecule has 2 rings (SSSR count). The summed E-state index contributed by atoms with van der Waals surface area (Å²) in [6.07, 6.45) is 1.10. The van der Waals surface area contributed by atoms with Crippen LogP contribution in [0.25, 0.3) is 0 Å². The summed E-state index contributed by atoms with van der Waals surface area (Å²) in [7, 11) is 0. The molecule has 1 aliphatic carbocycles. The van der Waals surface area contributed by atoms with Crippen molar-refractivity contribution in [3.05, 3.63) is 35.4 Å². The first-order valence-electron chi connectivity index (χ1n) is 6.11. The molecule has 1 aliphatic rings. The number of alkyl halides is 2. The Morgan fingerprint density at radius 3 is 2.72 bits per heavy atom. The Bertz CT molecular complexity index is 453. The monoisotopic (exact) mass is 254 g/mol. The number of halogens is 2. The minimum Gasteiger partial charge on any atom is -0.481 e. The van der Waals surface area contributed by atoms with Gasteiger partial charge in [0.2, 0.25) is 0 Å².